The SMILES string of the molecule is CC(C)C[C@H](NC(=O)[C@@H]1CCCN1C(=O)[C@H](C)NC(=O)[C@H](Cc1ccccc1)NC(=O)[C@H](Cc1ccccc1)NC(=O)[C@@H]1CCCN1C(=O)[C@H](Cc1ccccc1)NC(=O)OC(C)(C)C)C(=O)N1CCC[C@H]1C(=O)O. The van der Waals surface area contributed by atoms with Gasteiger partial charge in [0.25, 0.3) is 0 Å². The maximum atomic E-state index is 14.6. The predicted molar refractivity (Wildman–Crippen MR) is 278 cm³/mol. The number of alkyl carbamates (subject to hydrolysis) is 1. The first-order valence-corrected chi connectivity index (χ1v) is 26.2. The number of benzene rings is 3. The highest BCUT2D eigenvalue weighted by atomic mass is 16.6. The van der Waals surface area contributed by atoms with Crippen LogP contribution in [0.1, 0.15) is 103 Å². The van der Waals surface area contributed by atoms with Crippen LogP contribution in [-0.4, -0.2) is 147 Å². The Labute approximate surface area is 439 Å². The maximum Gasteiger partial charge on any atom is 0.408 e. The minimum absolute atomic E-state index is 0.00342. The lowest BCUT2D eigenvalue weighted by Gasteiger charge is -2.32. The number of amides is 8. The molecule has 3 fully saturated rings. The molecule has 0 aromatic heterocycles. The number of likely N-dealkylation sites (tertiary alicyclic amines) is 3. The number of nitrogens with one attached hydrogen (secondary N) is 5. The Bertz CT molecular complexity index is 2490. The third-order valence-electron chi connectivity index (χ3n) is 13.7. The van der Waals surface area contributed by atoms with Crippen molar-refractivity contribution in [1.29, 1.82) is 0 Å². The summed E-state index contributed by atoms with van der Waals surface area (Å²) in [6.07, 6.45) is 2.01. The van der Waals surface area contributed by atoms with Gasteiger partial charge in [-0.1, -0.05) is 105 Å². The summed E-state index contributed by atoms with van der Waals surface area (Å²) >= 11 is 0. The molecule has 75 heavy (non-hydrogen) atoms. The van der Waals surface area contributed by atoms with Crippen molar-refractivity contribution in [3.63, 3.8) is 0 Å². The van der Waals surface area contributed by atoms with Gasteiger partial charge in [-0.15, -0.1) is 0 Å². The van der Waals surface area contributed by atoms with E-state index in [2.05, 4.69) is 26.6 Å². The summed E-state index contributed by atoms with van der Waals surface area (Å²) in [5.74, 6) is -5.21. The molecular weight excluding hydrogens is 961 g/mol. The van der Waals surface area contributed by atoms with Gasteiger partial charge in [0.1, 0.15) is 53.9 Å². The number of carboxylic acid groups (broad SMARTS) is 1. The molecule has 0 unspecified atom stereocenters. The van der Waals surface area contributed by atoms with Gasteiger partial charge in [-0.05, 0) is 95.2 Å². The Hall–Kier alpha value is -7.31. The third-order valence-corrected chi connectivity index (χ3v) is 13.7. The van der Waals surface area contributed by atoms with Gasteiger partial charge in [0.2, 0.25) is 41.4 Å². The molecule has 3 saturated heterocycles. The van der Waals surface area contributed by atoms with Gasteiger partial charge >= 0.3 is 12.1 Å². The molecule has 6 rings (SSSR count). The van der Waals surface area contributed by atoms with E-state index in [-0.39, 0.29) is 57.7 Å². The van der Waals surface area contributed by atoms with E-state index in [0.717, 1.165) is 5.56 Å². The first-order valence-electron chi connectivity index (χ1n) is 26.2. The first kappa shape index (κ1) is 57.0. The minimum Gasteiger partial charge on any atom is -0.480 e. The smallest absolute Gasteiger partial charge is 0.408 e. The number of carbonyl (C=O) groups is 9. The van der Waals surface area contributed by atoms with Gasteiger partial charge in [-0.2, -0.15) is 0 Å². The third kappa shape index (κ3) is 16.1. The van der Waals surface area contributed by atoms with Gasteiger partial charge in [0.05, 0.1) is 0 Å². The van der Waals surface area contributed by atoms with Gasteiger partial charge in [0, 0.05) is 38.9 Å². The summed E-state index contributed by atoms with van der Waals surface area (Å²) in [4.78, 5) is 129. The zero-order valence-electron chi connectivity index (χ0n) is 43.9. The fourth-order valence-electron chi connectivity index (χ4n) is 10.0. The van der Waals surface area contributed by atoms with E-state index in [1.807, 2.05) is 50.2 Å². The average Bonchev–Trinajstić information content (AvgIpc) is 4.18. The standard InChI is InChI=1S/C56H74N8O11/c1-35(2)31-42(52(70)64-30-18-27-46(64)54(72)73)60-50(68)44-25-16-28-62(44)51(69)36(3)57-47(65)40(32-37-19-10-7-11-20-37)58-48(66)41(33-38-21-12-8-13-22-38)59-49(67)45-26-17-29-63(45)53(71)43(34-39-23-14-9-15-24-39)61-55(74)75-56(4,5)6/h7-15,19-24,35-36,40-46H,16-18,25-34H2,1-6H3,(H,57,65)(H,58,66)(H,59,67)(H,60,68)(H,61,74)(H,72,73)/t36-,40-,41-,42-,43-,44-,45-,46-/m0/s1. The van der Waals surface area contributed by atoms with Crippen molar-refractivity contribution in [2.75, 3.05) is 19.6 Å². The largest absolute Gasteiger partial charge is 0.480 e. The van der Waals surface area contributed by atoms with Crippen LogP contribution in [0.3, 0.4) is 0 Å². The molecule has 3 aliphatic heterocycles. The molecule has 3 heterocycles. The number of aliphatic carboxylic acids is 1. The van der Waals surface area contributed by atoms with E-state index >= 15 is 0 Å². The molecule has 19 nitrogen and oxygen atoms in total. The number of carbonyl (C=O) groups excluding carboxylic acids is 8. The molecule has 0 bridgehead atoms. The van der Waals surface area contributed by atoms with Crippen LogP contribution in [0.5, 0.6) is 0 Å². The highest BCUT2D eigenvalue weighted by Gasteiger charge is 2.43. The lowest BCUT2D eigenvalue weighted by atomic mass is 10.0. The quantitative estimate of drug-likeness (QED) is 0.0898. The van der Waals surface area contributed by atoms with Crippen LogP contribution < -0.4 is 26.6 Å². The van der Waals surface area contributed by atoms with Crippen molar-refractivity contribution >= 4 is 53.4 Å². The van der Waals surface area contributed by atoms with Crippen LogP contribution >= 0.6 is 0 Å². The van der Waals surface area contributed by atoms with Crippen LogP contribution in [0.15, 0.2) is 91.0 Å². The molecule has 0 saturated carbocycles. The van der Waals surface area contributed by atoms with Gasteiger partial charge < -0.3 is 51.1 Å². The summed E-state index contributed by atoms with van der Waals surface area (Å²) in [5, 5.41) is 23.8. The lowest BCUT2D eigenvalue weighted by molar-refractivity contribution is -0.150. The minimum atomic E-state index is -1.26. The molecule has 8 amide bonds. The van der Waals surface area contributed by atoms with Crippen LogP contribution in [0.4, 0.5) is 4.79 Å². The molecule has 3 aliphatic rings. The van der Waals surface area contributed by atoms with E-state index in [1.54, 1.807) is 75.4 Å². The predicted octanol–water partition coefficient (Wildman–Crippen LogP) is 3.67. The van der Waals surface area contributed by atoms with Crippen molar-refractivity contribution in [1.82, 2.24) is 41.3 Å². The molecular formula is C56H74N8O11. The molecule has 0 spiro atoms. The highest BCUT2D eigenvalue weighted by molar-refractivity contribution is 5.98. The van der Waals surface area contributed by atoms with Crippen LogP contribution in [0.25, 0.3) is 0 Å². The second kappa shape index (κ2) is 26.3. The van der Waals surface area contributed by atoms with Crippen molar-refractivity contribution in [2.45, 2.75) is 160 Å². The molecule has 3 aromatic rings. The first-order chi connectivity index (χ1) is 35.7. The molecule has 8 atom stereocenters. The van der Waals surface area contributed by atoms with E-state index < -0.39 is 107 Å². The number of ether oxygens (including phenoxy) is 1. The van der Waals surface area contributed by atoms with Crippen LogP contribution in [-0.2, 0) is 62.4 Å². The Morgan fingerprint density at radius 3 is 1.36 bits per heavy atom. The molecule has 0 aliphatic carbocycles. The summed E-state index contributed by atoms with van der Waals surface area (Å²) in [6, 6.07) is 18.4. The molecule has 19 heteroatoms. The monoisotopic (exact) mass is 1030 g/mol. The van der Waals surface area contributed by atoms with Crippen molar-refractivity contribution in [3.8, 4) is 0 Å². The number of rotatable bonds is 21. The second-order valence-corrected chi connectivity index (χ2v) is 21.2. The van der Waals surface area contributed by atoms with Gasteiger partial charge in [-0.25, -0.2) is 9.59 Å². The number of carboxylic acids is 1. The Balaban J connectivity index is 1.17. The van der Waals surface area contributed by atoms with Gasteiger partial charge in [0.15, 0.2) is 0 Å². The number of hydrogen-bond donors (Lipinski definition) is 6. The summed E-state index contributed by atoms with van der Waals surface area (Å²) in [5.41, 5.74) is 1.33. The summed E-state index contributed by atoms with van der Waals surface area (Å²) in [6.45, 7) is 11.1. The average molecular weight is 1040 g/mol. The summed E-state index contributed by atoms with van der Waals surface area (Å²) < 4.78 is 5.50. The normalized spacial score (nSPS) is 19.5. The zero-order chi connectivity index (χ0) is 54.4. The zero-order valence-corrected chi connectivity index (χ0v) is 43.9. The van der Waals surface area contributed by atoms with E-state index in [0.29, 0.717) is 43.2 Å². The summed E-state index contributed by atoms with van der Waals surface area (Å²) in [7, 11) is 0. The van der Waals surface area contributed by atoms with Crippen LogP contribution in [0.2, 0.25) is 0 Å². The van der Waals surface area contributed by atoms with E-state index in [9.17, 15) is 48.3 Å². The van der Waals surface area contributed by atoms with Crippen molar-refractivity contribution in [2.24, 2.45) is 5.92 Å². The Kier molecular flexibility index (Phi) is 19.9. The Morgan fingerprint density at radius 2 is 0.907 bits per heavy atom. The fraction of sp³-hybridized carbons (Fsp3) is 0.518. The Morgan fingerprint density at radius 1 is 0.520 bits per heavy atom. The number of hydrogen-bond acceptors (Lipinski definition) is 10. The second-order valence-electron chi connectivity index (χ2n) is 21.2. The molecule has 6 N–H and O–H groups in total. The number of nitrogens with zero attached hydrogens (tertiary/aromatic N) is 3. The maximum absolute atomic E-state index is 14.6. The lowest BCUT2D eigenvalue weighted by Crippen LogP contribution is -2.60. The van der Waals surface area contributed by atoms with Gasteiger partial charge in [-0.3, -0.25) is 33.6 Å². The van der Waals surface area contributed by atoms with Crippen LogP contribution in [0, 0.1) is 5.92 Å². The highest BCUT2D eigenvalue weighted by Crippen LogP contribution is 2.24. The molecule has 3 aromatic carbocycles. The molecule has 404 valence electrons. The fourth-order valence-corrected chi connectivity index (χ4v) is 10.0. The topological polar surface area (TPSA) is 253 Å². The van der Waals surface area contributed by atoms with E-state index in [4.69, 9.17) is 4.74 Å². The van der Waals surface area contributed by atoms with E-state index in [1.165, 1.54) is 21.6 Å². The van der Waals surface area contributed by atoms with Crippen molar-refractivity contribution in [3.05, 3.63) is 108 Å². The molecule has 0 radical (unpaired) electrons. The van der Waals surface area contributed by atoms with Crippen molar-refractivity contribution < 1.29 is 53.0 Å².